The third-order valence-electron chi connectivity index (χ3n) is 1.88. The smallest absolute Gasteiger partial charge is 0.305 e. The van der Waals surface area contributed by atoms with Crippen molar-refractivity contribution in [3.63, 3.8) is 0 Å². The minimum atomic E-state index is -0.169. The molecule has 0 aliphatic carbocycles. The average Bonchev–Trinajstić information content (AvgIpc) is 2.63. The molecule has 1 aromatic heterocycles. The van der Waals surface area contributed by atoms with Gasteiger partial charge in [-0.1, -0.05) is 13.3 Å². The Morgan fingerprint density at radius 1 is 1.57 bits per heavy atom. The van der Waals surface area contributed by atoms with Crippen LogP contribution in [0.15, 0.2) is 5.38 Å². The van der Waals surface area contributed by atoms with Crippen molar-refractivity contribution in [1.82, 2.24) is 4.98 Å². The van der Waals surface area contributed by atoms with Gasteiger partial charge in [-0.25, -0.2) is 4.98 Å². The second kappa shape index (κ2) is 5.75. The topological polar surface area (TPSA) is 39.2 Å². The standard InChI is InChI=1S/C10H15NO2S/c1-3-4-8-7-14-9(11-8)5-6-10(12)13-2/h7H,3-6H2,1-2H3. The largest absolute Gasteiger partial charge is 0.469 e. The molecule has 0 fully saturated rings. The molecule has 1 rings (SSSR count). The highest BCUT2D eigenvalue weighted by molar-refractivity contribution is 7.09. The predicted molar refractivity (Wildman–Crippen MR) is 56.4 cm³/mol. The number of esters is 1. The number of hydrogen-bond donors (Lipinski definition) is 0. The maximum atomic E-state index is 10.9. The van der Waals surface area contributed by atoms with Crippen molar-refractivity contribution in [2.45, 2.75) is 32.6 Å². The van der Waals surface area contributed by atoms with Gasteiger partial charge in [0.2, 0.25) is 0 Å². The molecule has 0 amide bonds. The van der Waals surface area contributed by atoms with Gasteiger partial charge < -0.3 is 4.74 Å². The van der Waals surface area contributed by atoms with Gasteiger partial charge in [-0.05, 0) is 6.42 Å². The minimum absolute atomic E-state index is 0.169. The van der Waals surface area contributed by atoms with Gasteiger partial charge in [-0.2, -0.15) is 0 Å². The van der Waals surface area contributed by atoms with Crippen molar-refractivity contribution in [2.75, 3.05) is 7.11 Å². The van der Waals surface area contributed by atoms with E-state index < -0.39 is 0 Å². The Balaban J connectivity index is 2.39. The number of aryl methyl sites for hydroxylation is 2. The highest BCUT2D eigenvalue weighted by Crippen LogP contribution is 2.13. The van der Waals surface area contributed by atoms with Crippen molar-refractivity contribution >= 4 is 17.3 Å². The molecule has 0 aromatic carbocycles. The second-order valence-corrected chi connectivity index (χ2v) is 4.00. The van der Waals surface area contributed by atoms with Crippen LogP contribution in [0, 0.1) is 0 Å². The summed E-state index contributed by atoms with van der Waals surface area (Å²) in [5, 5.41) is 3.09. The molecular weight excluding hydrogens is 198 g/mol. The predicted octanol–water partition coefficient (Wildman–Crippen LogP) is 2.20. The molecule has 78 valence electrons. The molecule has 1 aromatic rings. The number of thiazole rings is 1. The van der Waals surface area contributed by atoms with E-state index in [1.165, 1.54) is 7.11 Å². The van der Waals surface area contributed by atoms with Gasteiger partial charge in [0.25, 0.3) is 0 Å². The third kappa shape index (κ3) is 3.46. The van der Waals surface area contributed by atoms with Crippen LogP contribution in [0.5, 0.6) is 0 Å². The average molecular weight is 213 g/mol. The molecule has 0 spiro atoms. The minimum Gasteiger partial charge on any atom is -0.469 e. The summed E-state index contributed by atoms with van der Waals surface area (Å²) in [6.45, 7) is 2.13. The fourth-order valence-electron chi connectivity index (χ4n) is 1.15. The van der Waals surface area contributed by atoms with Crippen LogP contribution in [0.1, 0.15) is 30.5 Å². The van der Waals surface area contributed by atoms with Crippen molar-refractivity contribution in [3.05, 3.63) is 16.1 Å². The van der Waals surface area contributed by atoms with E-state index in [4.69, 9.17) is 0 Å². The molecule has 0 aliphatic rings. The van der Waals surface area contributed by atoms with Gasteiger partial charge in [0.15, 0.2) is 0 Å². The van der Waals surface area contributed by atoms with Crippen LogP contribution < -0.4 is 0 Å². The van der Waals surface area contributed by atoms with E-state index >= 15 is 0 Å². The maximum absolute atomic E-state index is 10.9. The van der Waals surface area contributed by atoms with Crippen LogP contribution >= 0.6 is 11.3 Å². The van der Waals surface area contributed by atoms with E-state index in [1.54, 1.807) is 11.3 Å². The zero-order chi connectivity index (χ0) is 10.4. The van der Waals surface area contributed by atoms with Crippen molar-refractivity contribution in [2.24, 2.45) is 0 Å². The summed E-state index contributed by atoms with van der Waals surface area (Å²) in [7, 11) is 1.41. The molecule has 1 heterocycles. The first-order valence-electron chi connectivity index (χ1n) is 4.76. The summed E-state index contributed by atoms with van der Waals surface area (Å²) < 4.78 is 4.56. The Kier molecular flexibility index (Phi) is 4.59. The van der Waals surface area contributed by atoms with Crippen LogP contribution in [0.4, 0.5) is 0 Å². The summed E-state index contributed by atoms with van der Waals surface area (Å²) >= 11 is 1.62. The molecular formula is C10H15NO2S. The van der Waals surface area contributed by atoms with E-state index in [0.29, 0.717) is 12.8 Å². The lowest BCUT2D eigenvalue weighted by atomic mass is 10.3. The van der Waals surface area contributed by atoms with Gasteiger partial charge in [0, 0.05) is 11.8 Å². The van der Waals surface area contributed by atoms with Crippen molar-refractivity contribution in [3.8, 4) is 0 Å². The molecule has 0 atom stereocenters. The van der Waals surface area contributed by atoms with Gasteiger partial charge in [0.05, 0.1) is 24.2 Å². The second-order valence-electron chi connectivity index (χ2n) is 3.06. The molecule has 0 radical (unpaired) electrons. The molecule has 3 nitrogen and oxygen atoms in total. The van der Waals surface area contributed by atoms with Crippen LogP contribution in [0.25, 0.3) is 0 Å². The fraction of sp³-hybridized carbons (Fsp3) is 0.600. The number of carbonyl (C=O) groups is 1. The fourth-order valence-corrected chi connectivity index (χ4v) is 1.98. The van der Waals surface area contributed by atoms with Crippen LogP contribution in [-0.2, 0) is 22.4 Å². The summed E-state index contributed by atoms with van der Waals surface area (Å²) in [5.74, 6) is -0.169. The quantitative estimate of drug-likeness (QED) is 0.704. The summed E-state index contributed by atoms with van der Waals surface area (Å²) in [6, 6.07) is 0. The number of ether oxygens (including phenoxy) is 1. The Bertz CT molecular complexity index is 296. The number of nitrogens with zero attached hydrogens (tertiary/aromatic N) is 1. The van der Waals surface area contributed by atoms with E-state index in [0.717, 1.165) is 23.5 Å². The Morgan fingerprint density at radius 2 is 2.36 bits per heavy atom. The van der Waals surface area contributed by atoms with Crippen molar-refractivity contribution < 1.29 is 9.53 Å². The van der Waals surface area contributed by atoms with Crippen molar-refractivity contribution in [1.29, 1.82) is 0 Å². The van der Waals surface area contributed by atoms with Crippen LogP contribution in [0.2, 0.25) is 0 Å². The van der Waals surface area contributed by atoms with Gasteiger partial charge in [-0.15, -0.1) is 11.3 Å². The number of methoxy groups -OCH3 is 1. The SMILES string of the molecule is CCCc1csc(CCC(=O)OC)n1. The van der Waals surface area contributed by atoms with E-state index in [1.807, 2.05) is 0 Å². The first kappa shape index (κ1) is 11.2. The Labute approximate surface area is 88.1 Å². The highest BCUT2D eigenvalue weighted by atomic mass is 32.1. The molecule has 0 saturated heterocycles. The molecule has 0 N–H and O–H groups in total. The van der Waals surface area contributed by atoms with E-state index in [-0.39, 0.29) is 5.97 Å². The summed E-state index contributed by atoms with van der Waals surface area (Å²) in [6.07, 6.45) is 3.26. The first-order chi connectivity index (χ1) is 6.76. The molecule has 0 aliphatic heterocycles. The number of carbonyl (C=O) groups excluding carboxylic acids is 1. The highest BCUT2D eigenvalue weighted by Gasteiger charge is 2.05. The zero-order valence-corrected chi connectivity index (χ0v) is 9.39. The summed E-state index contributed by atoms with van der Waals surface area (Å²) in [5.41, 5.74) is 1.14. The number of aromatic nitrogens is 1. The van der Waals surface area contributed by atoms with E-state index in [9.17, 15) is 4.79 Å². The van der Waals surface area contributed by atoms with Gasteiger partial charge in [-0.3, -0.25) is 4.79 Å². The van der Waals surface area contributed by atoms with Crippen LogP contribution in [-0.4, -0.2) is 18.1 Å². The molecule has 0 unspecified atom stereocenters. The lowest BCUT2D eigenvalue weighted by Gasteiger charge is -1.95. The third-order valence-corrected chi connectivity index (χ3v) is 2.83. The van der Waals surface area contributed by atoms with Gasteiger partial charge in [0.1, 0.15) is 0 Å². The number of rotatable bonds is 5. The molecule has 0 saturated carbocycles. The van der Waals surface area contributed by atoms with E-state index in [2.05, 4.69) is 22.0 Å². The lowest BCUT2D eigenvalue weighted by Crippen LogP contribution is -2.01. The number of hydrogen-bond acceptors (Lipinski definition) is 4. The van der Waals surface area contributed by atoms with Crippen LogP contribution in [0.3, 0.4) is 0 Å². The first-order valence-corrected chi connectivity index (χ1v) is 5.64. The van der Waals surface area contributed by atoms with Gasteiger partial charge >= 0.3 is 5.97 Å². The maximum Gasteiger partial charge on any atom is 0.305 e. The molecule has 4 heteroatoms. The summed E-state index contributed by atoms with van der Waals surface area (Å²) in [4.78, 5) is 15.3. The monoisotopic (exact) mass is 213 g/mol. The zero-order valence-electron chi connectivity index (χ0n) is 8.58. The molecule has 14 heavy (non-hydrogen) atoms. The Morgan fingerprint density at radius 3 is 3.00 bits per heavy atom. The lowest BCUT2D eigenvalue weighted by molar-refractivity contribution is -0.140. The normalized spacial score (nSPS) is 10.1. The molecule has 0 bridgehead atoms. The Hall–Kier alpha value is -0.900.